The third kappa shape index (κ3) is 21.6. The minimum Gasteiger partial charge on any atom is -0.354 e. The minimum absolute atomic E-state index is 0.265. The summed E-state index contributed by atoms with van der Waals surface area (Å²) in [7, 11) is 0. The first-order valence-corrected chi connectivity index (χ1v) is 12.5. The van der Waals surface area contributed by atoms with Crippen molar-refractivity contribution in [1.29, 1.82) is 0 Å². The average molecular weight is 382 g/mol. The van der Waals surface area contributed by atoms with Crippen molar-refractivity contribution in [1.82, 2.24) is 5.32 Å². The third-order valence-electron chi connectivity index (χ3n) is 5.66. The van der Waals surface area contributed by atoms with Crippen molar-refractivity contribution in [2.75, 3.05) is 0 Å². The van der Waals surface area contributed by atoms with Crippen LogP contribution in [0.25, 0.3) is 0 Å². The van der Waals surface area contributed by atoms with Gasteiger partial charge in [-0.05, 0) is 19.8 Å². The van der Waals surface area contributed by atoms with Crippen molar-refractivity contribution in [3.05, 3.63) is 0 Å². The van der Waals surface area contributed by atoms with Crippen molar-refractivity contribution in [3.63, 3.8) is 0 Å². The van der Waals surface area contributed by atoms with E-state index in [-0.39, 0.29) is 5.91 Å². The first-order valence-electron chi connectivity index (χ1n) is 12.5. The molecule has 0 heterocycles. The van der Waals surface area contributed by atoms with E-state index in [1.807, 2.05) is 0 Å². The SMILES string of the molecule is CCCCCCCCCCCC(=O)NC(C)CCCCCCCCCCC. The van der Waals surface area contributed by atoms with Crippen molar-refractivity contribution in [2.45, 2.75) is 155 Å². The molecule has 0 radical (unpaired) electrons. The highest BCUT2D eigenvalue weighted by atomic mass is 16.1. The molecule has 0 bridgehead atoms. The van der Waals surface area contributed by atoms with E-state index in [1.165, 1.54) is 109 Å². The maximum absolute atomic E-state index is 12.0. The Morgan fingerprint density at radius 3 is 1.41 bits per heavy atom. The lowest BCUT2D eigenvalue weighted by molar-refractivity contribution is -0.121. The van der Waals surface area contributed by atoms with Crippen molar-refractivity contribution in [3.8, 4) is 0 Å². The van der Waals surface area contributed by atoms with Crippen LogP contribution in [0.1, 0.15) is 149 Å². The molecule has 1 unspecified atom stereocenters. The second-order valence-corrected chi connectivity index (χ2v) is 8.66. The van der Waals surface area contributed by atoms with Crippen LogP contribution in [0.2, 0.25) is 0 Å². The quantitative estimate of drug-likeness (QED) is 0.199. The molecule has 0 aliphatic heterocycles. The molecule has 0 saturated heterocycles. The minimum atomic E-state index is 0.265. The van der Waals surface area contributed by atoms with Crippen LogP contribution >= 0.6 is 0 Å². The smallest absolute Gasteiger partial charge is 0.220 e. The Hall–Kier alpha value is -0.530. The molecule has 2 heteroatoms. The topological polar surface area (TPSA) is 29.1 Å². The summed E-state index contributed by atoms with van der Waals surface area (Å²) in [4.78, 5) is 12.0. The van der Waals surface area contributed by atoms with Gasteiger partial charge in [-0.15, -0.1) is 0 Å². The number of hydrogen-bond donors (Lipinski definition) is 1. The molecule has 0 rings (SSSR count). The standard InChI is InChI=1S/C25H51NO/c1-4-6-8-10-12-14-16-18-20-22-24(3)26-25(27)23-21-19-17-15-13-11-9-7-5-2/h24H,4-23H2,1-3H3,(H,26,27). The van der Waals surface area contributed by atoms with Crippen LogP contribution in [0, 0.1) is 0 Å². The summed E-state index contributed by atoms with van der Waals surface area (Å²) in [5.74, 6) is 0.265. The van der Waals surface area contributed by atoms with Gasteiger partial charge in [0.15, 0.2) is 0 Å². The highest BCUT2D eigenvalue weighted by molar-refractivity contribution is 5.76. The number of carbonyl (C=O) groups is 1. The molecular weight excluding hydrogens is 330 g/mol. The molecule has 1 atom stereocenters. The molecule has 0 aromatic rings. The lowest BCUT2D eigenvalue weighted by atomic mass is 10.0. The summed E-state index contributed by atoms with van der Waals surface area (Å²) in [5.41, 5.74) is 0. The predicted octanol–water partition coefficient (Wildman–Crippen LogP) is 8.33. The number of rotatable bonds is 21. The van der Waals surface area contributed by atoms with Crippen LogP contribution in [0.15, 0.2) is 0 Å². The van der Waals surface area contributed by atoms with Gasteiger partial charge in [-0.1, -0.05) is 123 Å². The maximum atomic E-state index is 12.0. The lowest BCUT2D eigenvalue weighted by Gasteiger charge is -2.13. The Balaban J connectivity index is 3.32. The lowest BCUT2D eigenvalue weighted by Crippen LogP contribution is -2.32. The van der Waals surface area contributed by atoms with E-state index in [9.17, 15) is 4.79 Å². The van der Waals surface area contributed by atoms with E-state index in [4.69, 9.17) is 0 Å². The van der Waals surface area contributed by atoms with Gasteiger partial charge in [0.2, 0.25) is 5.91 Å². The summed E-state index contributed by atoms with van der Waals surface area (Å²) in [6, 6.07) is 0.348. The molecule has 0 fully saturated rings. The number of unbranched alkanes of at least 4 members (excludes halogenated alkanes) is 16. The van der Waals surface area contributed by atoms with Crippen molar-refractivity contribution < 1.29 is 4.79 Å². The van der Waals surface area contributed by atoms with E-state index in [0.29, 0.717) is 6.04 Å². The first-order chi connectivity index (χ1) is 13.2. The number of amides is 1. The molecule has 162 valence electrons. The molecule has 1 amide bonds. The average Bonchev–Trinajstić information content (AvgIpc) is 2.65. The van der Waals surface area contributed by atoms with Gasteiger partial charge in [-0.3, -0.25) is 4.79 Å². The Morgan fingerprint density at radius 1 is 0.593 bits per heavy atom. The molecule has 0 aromatic carbocycles. The molecule has 0 saturated carbocycles. The number of carbonyl (C=O) groups excluding carboxylic acids is 1. The summed E-state index contributed by atoms with van der Waals surface area (Å²) >= 11 is 0. The molecule has 2 nitrogen and oxygen atoms in total. The largest absolute Gasteiger partial charge is 0.354 e. The van der Waals surface area contributed by atoms with Crippen LogP contribution < -0.4 is 5.32 Å². The van der Waals surface area contributed by atoms with Gasteiger partial charge < -0.3 is 5.32 Å². The Bertz CT molecular complexity index is 303. The zero-order valence-corrected chi connectivity index (χ0v) is 19.1. The van der Waals surface area contributed by atoms with Gasteiger partial charge >= 0.3 is 0 Å². The fourth-order valence-corrected chi connectivity index (χ4v) is 3.78. The zero-order valence-electron chi connectivity index (χ0n) is 19.1. The van der Waals surface area contributed by atoms with Crippen molar-refractivity contribution in [2.24, 2.45) is 0 Å². The predicted molar refractivity (Wildman–Crippen MR) is 121 cm³/mol. The fourth-order valence-electron chi connectivity index (χ4n) is 3.78. The van der Waals surface area contributed by atoms with Gasteiger partial charge in [0, 0.05) is 12.5 Å². The maximum Gasteiger partial charge on any atom is 0.220 e. The second kappa shape index (κ2) is 21.8. The number of nitrogens with one attached hydrogen (secondary N) is 1. The van der Waals surface area contributed by atoms with Crippen LogP contribution in [0.4, 0.5) is 0 Å². The van der Waals surface area contributed by atoms with E-state index in [0.717, 1.165) is 19.3 Å². The Morgan fingerprint density at radius 2 is 0.963 bits per heavy atom. The number of hydrogen-bond acceptors (Lipinski definition) is 1. The van der Waals surface area contributed by atoms with Gasteiger partial charge in [0.1, 0.15) is 0 Å². The van der Waals surface area contributed by atoms with E-state index < -0.39 is 0 Å². The second-order valence-electron chi connectivity index (χ2n) is 8.66. The summed E-state index contributed by atoms with van der Waals surface area (Å²) < 4.78 is 0. The molecule has 0 spiro atoms. The highest BCUT2D eigenvalue weighted by Gasteiger charge is 2.06. The van der Waals surface area contributed by atoms with Crippen LogP contribution in [-0.4, -0.2) is 11.9 Å². The monoisotopic (exact) mass is 381 g/mol. The van der Waals surface area contributed by atoms with Gasteiger partial charge in [-0.25, -0.2) is 0 Å². The summed E-state index contributed by atoms with van der Waals surface area (Å²) in [6.45, 7) is 6.71. The van der Waals surface area contributed by atoms with E-state index in [1.54, 1.807) is 0 Å². The zero-order chi connectivity index (χ0) is 20.0. The Kier molecular flexibility index (Phi) is 21.3. The summed E-state index contributed by atoms with van der Waals surface area (Å²) in [6.07, 6.45) is 26.0. The van der Waals surface area contributed by atoms with Gasteiger partial charge in [0.25, 0.3) is 0 Å². The van der Waals surface area contributed by atoms with Crippen molar-refractivity contribution >= 4 is 5.91 Å². The summed E-state index contributed by atoms with van der Waals surface area (Å²) in [5, 5.41) is 3.19. The third-order valence-corrected chi connectivity index (χ3v) is 5.66. The molecule has 0 aromatic heterocycles. The van der Waals surface area contributed by atoms with Gasteiger partial charge in [0.05, 0.1) is 0 Å². The molecule has 1 N–H and O–H groups in total. The van der Waals surface area contributed by atoms with E-state index in [2.05, 4.69) is 26.1 Å². The molecular formula is C25H51NO. The van der Waals surface area contributed by atoms with Crippen LogP contribution in [0.3, 0.4) is 0 Å². The van der Waals surface area contributed by atoms with Crippen LogP contribution in [-0.2, 0) is 4.79 Å². The first kappa shape index (κ1) is 26.5. The highest BCUT2D eigenvalue weighted by Crippen LogP contribution is 2.12. The van der Waals surface area contributed by atoms with E-state index >= 15 is 0 Å². The molecule has 0 aliphatic rings. The Labute approximate surface area is 171 Å². The van der Waals surface area contributed by atoms with Crippen LogP contribution in [0.5, 0.6) is 0 Å². The van der Waals surface area contributed by atoms with Gasteiger partial charge in [-0.2, -0.15) is 0 Å². The molecule has 0 aliphatic carbocycles. The fraction of sp³-hybridized carbons (Fsp3) is 0.960. The molecule has 27 heavy (non-hydrogen) atoms. The normalized spacial score (nSPS) is 12.3.